The fraction of sp³-hybridized carbons (Fsp3) is 0.923. The molecular formula is C13H24N2O. The lowest BCUT2D eigenvalue weighted by Gasteiger charge is -2.37. The number of likely N-dealkylation sites (tertiary alicyclic amines) is 1. The van der Waals surface area contributed by atoms with Gasteiger partial charge < -0.3 is 9.80 Å². The summed E-state index contributed by atoms with van der Waals surface area (Å²) in [5.74, 6) is 0.904. The first-order valence-electron chi connectivity index (χ1n) is 6.58. The fourth-order valence-electron chi connectivity index (χ4n) is 2.77. The monoisotopic (exact) mass is 224 g/mol. The fourth-order valence-corrected chi connectivity index (χ4v) is 2.77. The molecule has 0 aromatic heterocycles. The van der Waals surface area contributed by atoms with Gasteiger partial charge >= 0.3 is 0 Å². The SMILES string of the molecule is CN(C)C1CCCN(CCC2CCC2=O)C1. The van der Waals surface area contributed by atoms with Crippen molar-refractivity contribution in [2.24, 2.45) is 5.92 Å². The van der Waals surface area contributed by atoms with Gasteiger partial charge in [0.15, 0.2) is 0 Å². The Labute approximate surface area is 98.8 Å². The van der Waals surface area contributed by atoms with Gasteiger partial charge in [0.05, 0.1) is 0 Å². The highest BCUT2D eigenvalue weighted by Gasteiger charge is 2.29. The van der Waals surface area contributed by atoms with Crippen LogP contribution in [-0.2, 0) is 4.79 Å². The minimum atomic E-state index is 0.403. The van der Waals surface area contributed by atoms with Crippen molar-refractivity contribution in [2.45, 2.75) is 38.1 Å². The van der Waals surface area contributed by atoms with Crippen LogP contribution in [-0.4, -0.2) is 55.4 Å². The third-order valence-corrected chi connectivity index (χ3v) is 4.20. The molecule has 3 nitrogen and oxygen atoms in total. The minimum Gasteiger partial charge on any atom is -0.305 e. The molecule has 2 unspecified atom stereocenters. The third kappa shape index (κ3) is 2.83. The zero-order valence-corrected chi connectivity index (χ0v) is 10.6. The van der Waals surface area contributed by atoms with E-state index in [9.17, 15) is 4.79 Å². The van der Waals surface area contributed by atoms with Gasteiger partial charge in [-0.15, -0.1) is 0 Å². The molecule has 92 valence electrons. The van der Waals surface area contributed by atoms with E-state index in [-0.39, 0.29) is 0 Å². The highest BCUT2D eigenvalue weighted by atomic mass is 16.1. The molecule has 1 aliphatic carbocycles. The third-order valence-electron chi connectivity index (χ3n) is 4.20. The van der Waals surface area contributed by atoms with E-state index in [1.165, 1.54) is 25.9 Å². The van der Waals surface area contributed by atoms with Crippen molar-refractivity contribution >= 4 is 5.78 Å². The number of hydrogen-bond donors (Lipinski definition) is 0. The van der Waals surface area contributed by atoms with Crippen LogP contribution in [0.25, 0.3) is 0 Å². The minimum absolute atomic E-state index is 0.403. The van der Waals surface area contributed by atoms with Crippen molar-refractivity contribution in [2.75, 3.05) is 33.7 Å². The van der Waals surface area contributed by atoms with Crippen LogP contribution in [0, 0.1) is 5.92 Å². The van der Waals surface area contributed by atoms with Crippen LogP contribution in [0.1, 0.15) is 32.1 Å². The molecule has 0 aromatic rings. The average molecular weight is 224 g/mol. The number of ketones is 1. The second kappa shape index (κ2) is 5.28. The van der Waals surface area contributed by atoms with Gasteiger partial charge in [0.1, 0.15) is 5.78 Å². The molecule has 2 fully saturated rings. The molecule has 1 heterocycles. The summed E-state index contributed by atoms with van der Waals surface area (Å²) in [6.45, 7) is 3.54. The van der Waals surface area contributed by atoms with Gasteiger partial charge in [0.2, 0.25) is 0 Å². The normalized spacial score (nSPS) is 31.8. The predicted octanol–water partition coefficient (Wildman–Crippen LogP) is 1.38. The second-order valence-electron chi connectivity index (χ2n) is 5.55. The molecule has 0 N–H and O–H groups in total. The maximum absolute atomic E-state index is 11.2. The lowest BCUT2D eigenvalue weighted by molar-refractivity contribution is -0.129. The van der Waals surface area contributed by atoms with Crippen LogP contribution in [0.2, 0.25) is 0 Å². The first-order valence-corrected chi connectivity index (χ1v) is 6.58. The molecule has 2 aliphatic rings. The van der Waals surface area contributed by atoms with Crippen molar-refractivity contribution in [3.8, 4) is 0 Å². The molecule has 0 amide bonds. The second-order valence-corrected chi connectivity index (χ2v) is 5.55. The van der Waals surface area contributed by atoms with Gasteiger partial charge in [-0.2, -0.15) is 0 Å². The van der Waals surface area contributed by atoms with E-state index in [0.717, 1.165) is 25.8 Å². The summed E-state index contributed by atoms with van der Waals surface area (Å²) in [7, 11) is 4.34. The molecule has 0 aromatic carbocycles. The van der Waals surface area contributed by atoms with Crippen LogP contribution in [0.3, 0.4) is 0 Å². The van der Waals surface area contributed by atoms with E-state index in [4.69, 9.17) is 0 Å². The molecule has 3 heteroatoms. The number of hydrogen-bond acceptors (Lipinski definition) is 3. The number of Topliss-reactive ketones (excluding diaryl/α,β-unsaturated/α-hetero) is 1. The highest BCUT2D eigenvalue weighted by molar-refractivity contribution is 5.86. The van der Waals surface area contributed by atoms with Crippen LogP contribution >= 0.6 is 0 Å². The Kier molecular flexibility index (Phi) is 3.98. The Bertz CT molecular complexity index is 252. The Hall–Kier alpha value is -0.410. The Morgan fingerprint density at radius 3 is 2.75 bits per heavy atom. The van der Waals surface area contributed by atoms with Gasteiger partial charge in [-0.1, -0.05) is 0 Å². The van der Waals surface area contributed by atoms with Crippen LogP contribution in [0.15, 0.2) is 0 Å². The van der Waals surface area contributed by atoms with Gasteiger partial charge in [-0.3, -0.25) is 4.79 Å². The molecule has 2 rings (SSSR count). The first kappa shape index (κ1) is 12.1. The van der Waals surface area contributed by atoms with Crippen LogP contribution in [0.4, 0.5) is 0 Å². The Balaban J connectivity index is 1.70. The quantitative estimate of drug-likeness (QED) is 0.721. The van der Waals surface area contributed by atoms with E-state index in [0.29, 0.717) is 17.7 Å². The van der Waals surface area contributed by atoms with Gasteiger partial charge in [0.25, 0.3) is 0 Å². The van der Waals surface area contributed by atoms with Crippen molar-refractivity contribution < 1.29 is 4.79 Å². The largest absolute Gasteiger partial charge is 0.305 e. The summed E-state index contributed by atoms with van der Waals surface area (Å²) < 4.78 is 0. The maximum atomic E-state index is 11.2. The lowest BCUT2D eigenvalue weighted by Crippen LogP contribution is -2.46. The van der Waals surface area contributed by atoms with E-state index < -0.39 is 0 Å². The summed E-state index contributed by atoms with van der Waals surface area (Å²) in [5.41, 5.74) is 0. The van der Waals surface area contributed by atoms with Gasteiger partial charge in [-0.05, 0) is 52.9 Å². The smallest absolute Gasteiger partial charge is 0.136 e. The van der Waals surface area contributed by atoms with Crippen molar-refractivity contribution in [1.82, 2.24) is 9.80 Å². The zero-order chi connectivity index (χ0) is 11.5. The number of likely N-dealkylation sites (N-methyl/N-ethyl adjacent to an activating group) is 1. The molecule has 2 atom stereocenters. The molecule has 0 radical (unpaired) electrons. The van der Waals surface area contributed by atoms with Gasteiger partial charge in [0, 0.05) is 24.9 Å². The highest BCUT2D eigenvalue weighted by Crippen LogP contribution is 2.26. The molecule has 1 saturated carbocycles. The number of carbonyl (C=O) groups is 1. The number of nitrogens with zero attached hydrogens (tertiary/aromatic N) is 2. The van der Waals surface area contributed by atoms with E-state index in [2.05, 4.69) is 23.9 Å². The number of rotatable bonds is 4. The first-order chi connectivity index (χ1) is 7.66. The van der Waals surface area contributed by atoms with E-state index in [1.54, 1.807) is 0 Å². The van der Waals surface area contributed by atoms with Gasteiger partial charge in [-0.25, -0.2) is 0 Å². The molecule has 0 spiro atoms. The molecule has 0 bridgehead atoms. The number of piperidine rings is 1. The Morgan fingerprint density at radius 2 is 2.19 bits per heavy atom. The Morgan fingerprint density at radius 1 is 1.38 bits per heavy atom. The summed E-state index contributed by atoms with van der Waals surface area (Å²) in [6, 6.07) is 0.714. The molecule has 1 aliphatic heterocycles. The molecule has 16 heavy (non-hydrogen) atoms. The van der Waals surface area contributed by atoms with E-state index in [1.807, 2.05) is 0 Å². The number of carbonyl (C=O) groups excluding carboxylic acids is 1. The van der Waals surface area contributed by atoms with Crippen molar-refractivity contribution in [3.63, 3.8) is 0 Å². The summed E-state index contributed by atoms with van der Waals surface area (Å²) in [4.78, 5) is 16.1. The predicted molar refractivity (Wildman–Crippen MR) is 65.5 cm³/mol. The summed E-state index contributed by atoms with van der Waals surface area (Å²) in [6.07, 6.45) is 5.71. The van der Waals surface area contributed by atoms with Crippen LogP contribution < -0.4 is 0 Å². The maximum Gasteiger partial charge on any atom is 0.136 e. The van der Waals surface area contributed by atoms with E-state index >= 15 is 0 Å². The molecule has 1 saturated heterocycles. The topological polar surface area (TPSA) is 23.6 Å². The van der Waals surface area contributed by atoms with Crippen molar-refractivity contribution in [3.05, 3.63) is 0 Å². The summed E-state index contributed by atoms with van der Waals surface area (Å²) >= 11 is 0. The zero-order valence-electron chi connectivity index (χ0n) is 10.6. The average Bonchev–Trinajstić information content (AvgIpc) is 2.27. The van der Waals surface area contributed by atoms with Crippen LogP contribution in [0.5, 0.6) is 0 Å². The summed E-state index contributed by atoms with van der Waals surface area (Å²) in [5, 5.41) is 0. The molecular weight excluding hydrogens is 200 g/mol. The van der Waals surface area contributed by atoms with Crippen molar-refractivity contribution in [1.29, 1.82) is 0 Å². The standard InChI is InChI=1S/C13H24N2O/c1-14(2)12-4-3-8-15(10-12)9-7-11-5-6-13(11)16/h11-12H,3-10H2,1-2H3. The lowest BCUT2D eigenvalue weighted by atomic mass is 9.81.